The van der Waals surface area contributed by atoms with Crippen molar-refractivity contribution in [3.8, 4) is 0 Å². The summed E-state index contributed by atoms with van der Waals surface area (Å²) in [5.74, 6) is -0.0419. The molecule has 1 aromatic rings. The van der Waals surface area contributed by atoms with Crippen LogP contribution in [-0.2, 0) is 4.79 Å². The number of nitrogens with zero attached hydrogens (tertiary/aromatic N) is 1. The van der Waals surface area contributed by atoms with E-state index in [2.05, 4.69) is 26.6 Å². The van der Waals surface area contributed by atoms with Crippen LogP contribution in [0.15, 0.2) is 22.7 Å². The van der Waals surface area contributed by atoms with Crippen molar-refractivity contribution in [3.05, 3.63) is 32.8 Å². The summed E-state index contributed by atoms with van der Waals surface area (Å²) < 4.78 is 0.357. The lowest BCUT2D eigenvalue weighted by molar-refractivity contribution is -0.385. The molecule has 1 aliphatic rings. The van der Waals surface area contributed by atoms with Gasteiger partial charge in [-0.3, -0.25) is 14.9 Å². The first-order valence-corrected chi connectivity index (χ1v) is 7.18. The lowest BCUT2D eigenvalue weighted by atomic mass is 9.80. The van der Waals surface area contributed by atoms with Gasteiger partial charge in [0.1, 0.15) is 0 Å². The van der Waals surface area contributed by atoms with Crippen molar-refractivity contribution in [3.63, 3.8) is 0 Å². The molecule has 0 saturated carbocycles. The SMILES string of the molecule is CC1(C(=O)Nc2ccc([N+](=O)[O-])c(Br)c2)CCNCC1. The van der Waals surface area contributed by atoms with Crippen LogP contribution in [0, 0.1) is 15.5 Å². The number of nitro groups is 1. The van der Waals surface area contributed by atoms with E-state index in [-0.39, 0.29) is 17.0 Å². The van der Waals surface area contributed by atoms with Gasteiger partial charge in [0.2, 0.25) is 5.91 Å². The molecule has 2 N–H and O–H groups in total. The lowest BCUT2D eigenvalue weighted by Crippen LogP contribution is -2.42. The van der Waals surface area contributed by atoms with E-state index in [0.29, 0.717) is 10.2 Å². The van der Waals surface area contributed by atoms with Crippen LogP contribution in [0.1, 0.15) is 19.8 Å². The average molecular weight is 342 g/mol. The first kappa shape index (κ1) is 14.9. The minimum atomic E-state index is -0.468. The average Bonchev–Trinajstić information content (AvgIpc) is 2.39. The maximum absolute atomic E-state index is 12.3. The van der Waals surface area contributed by atoms with Crippen molar-refractivity contribution < 1.29 is 9.72 Å². The van der Waals surface area contributed by atoms with Gasteiger partial charge in [0.15, 0.2) is 0 Å². The minimum Gasteiger partial charge on any atom is -0.326 e. The Morgan fingerprint density at radius 2 is 2.10 bits per heavy atom. The van der Waals surface area contributed by atoms with Gasteiger partial charge in [-0.2, -0.15) is 0 Å². The third kappa shape index (κ3) is 3.16. The van der Waals surface area contributed by atoms with Crippen LogP contribution in [-0.4, -0.2) is 23.9 Å². The number of hydrogen-bond acceptors (Lipinski definition) is 4. The number of halogens is 1. The fourth-order valence-corrected chi connectivity index (χ4v) is 2.74. The Bertz CT molecular complexity index is 542. The summed E-state index contributed by atoms with van der Waals surface area (Å²) in [7, 11) is 0. The fourth-order valence-electron chi connectivity index (χ4n) is 2.22. The van der Waals surface area contributed by atoms with Crippen LogP contribution in [0.5, 0.6) is 0 Å². The minimum absolute atomic E-state index is 0.0175. The van der Waals surface area contributed by atoms with Crippen LogP contribution >= 0.6 is 15.9 Å². The number of carbonyl (C=O) groups is 1. The van der Waals surface area contributed by atoms with Gasteiger partial charge in [0.25, 0.3) is 5.69 Å². The Kier molecular flexibility index (Phi) is 4.39. The molecule has 20 heavy (non-hydrogen) atoms. The third-order valence-electron chi connectivity index (χ3n) is 3.66. The van der Waals surface area contributed by atoms with Gasteiger partial charge < -0.3 is 10.6 Å². The number of hydrogen-bond donors (Lipinski definition) is 2. The molecular weight excluding hydrogens is 326 g/mol. The zero-order valence-electron chi connectivity index (χ0n) is 11.1. The van der Waals surface area contributed by atoms with Crippen LogP contribution in [0.25, 0.3) is 0 Å². The molecule has 2 rings (SSSR count). The molecule has 0 spiro atoms. The monoisotopic (exact) mass is 341 g/mol. The molecular formula is C13H16BrN3O3. The van der Waals surface area contributed by atoms with E-state index in [4.69, 9.17) is 0 Å². The van der Waals surface area contributed by atoms with E-state index in [9.17, 15) is 14.9 Å². The standard InChI is InChI=1S/C13H16BrN3O3/c1-13(4-6-15-7-5-13)12(18)16-9-2-3-11(17(19)20)10(14)8-9/h2-3,8,15H,4-7H2,1H3,(H,16,18). The molecule has 0 aromatic heterocycles. The molecule has 0 unspecified atom stereocenters. The zero-order valence-corrected chi connectivity index (χ0v) is 12.7. The molecule has 1 heterocycles. The number of piperidine rings is 1. The zero-order chi connectivity index (χ0) is 14.8. The fraction of sp³-hybridized carbons (Fsp3) is 0.462. The number of anilines is 1. The molecule has 108 valence electrons. The summed E-state index contributed by atoms with van der Waals surface area (Å²) in [5.41, 5.74) is 0.155. The van der Waals surface area contributed by atoms with Crippen molar-refractivity contribution in [2.45, 2.75) is 19.8 Å². The lowest BCUT2D eigenvalue weighted by Gasteiger charge is -2.32. The van der Waals surface area contributed by atoms with Gasteiger partial charge in [-0.25, -0.2) is 0 Å². The Morgan fingerprint density at radius 3 is 2.65 bits per heavy atom. The highest BCUT2D eigenvalue weighted by molar-refractivity contribution is 9.10. The van der Waals surface area contributed by atoms with Gasteiger partial charge in [-0.05, 0) is 54.0 Å². The number of benzene rings is 1. The largest absolute Gasteiger partial charge is 0.326 e. The van der Waals surface area contributed by atoms with Crippen LogP contribution in [0.2, 0.25) is 0 Å². The summed E-state index contributed by atoms with van der Waals surface area (Å²) in [6.07, 6.45) is 1.57. The summed E-state index contributed by atoms with van der Waals surface area (Å²) >= 11 is 3.14. The molecule has 0 atom stereocenters. The van der Waals surface area contributed by atoms with Crippen molar-refractivity contribution in [1.82, 2.24) is 5.32 Å². The molecule has 1 aliphatic heterocycles. The number of amides is 1. The Hall–Kier alpha value is -1.47. The predicted molar refractivity (Wildman–Crippen MR) is 79.6 cm³/mol. The predicted octanol–water partition coefficient (Wildman–Crippen LogP) is 2.69. The van der Waals surface area contributed by atoms with E-state index >= 15 is 0 Å². The molecule has 1 fully saturated rings. The van der Waals surface area contributed by atoms with E-state index in [1.807, 2.05) is 6.92 Å². The second kappa shape index (κ2) is 5.88. The third-order valence-corrected chi connectivity index (χ3v) is 4.29. The van der Waals surface area contributed by atoms with E-state index in [1.54, 1.807) is 12.1 Å². The van der Waals surface area contributed by atoms with Gasteiger partial charge >= 0.3 is 0 Å². The number of nitrogens with one attached hydrogen (secondary N) is 2. The van der Waals surface area contributed by atoms with Crippen molar-refractivity contribution >= 4 is 33.2 Å². The molecule has 0 radical (unpaired) electrons. The van der Waals surface area contributed by atoms with Crippen molar-refractivity contribution in [1.29, 1.82) is 0 Å². The molecule has 0 bridgehead atoms. The first-order chi connectivity index (χ1) is 9.42. The van der Waals surface area contributed by atoms with Gasteiger partial charge in [0, 0.05) is 17.2 Å². The summed E-state index contributed by atoms with van der Waals surface area (Å²) in [6, 6.07) is 4.48. The second-order valence-electron chi connectivity index (χ2n) is 5.19. The molecule has 1 saturated heterocycles. The second-order valence-corrected chi connectivity index (χ2v) is 6.04. The van der Waals surface area contributed by atoms with Crippen LogP contribution in [0.4, 0.5) is 11.4 Å². The Labute approximate surface area is 125 Å². The van der Waals surface area contributed by atoms with E-state index < -0.39 is 4.92 Å². The number of carbonyl (C=O) groups excluding carboxylic acids is 1. The van der Waals surface area contributed by atoms with Gasteiger partial charge in [-0.1, -0.05) is 6.92 Å². The Balaban J connectivity index is 2.12. The maximum atomic E-state index is 12.3. The quantitative estimate of drug-likeness (QED) is 0.653. The van der Waals surface area contributed by atoms with Crippen LogP contribution < -0.4 is 10.6 Å². The van der Waals surface area contributed by atoms with Crippen molar-refractivity contribution in [2.75, 3.05) is 18.4 Å². The summed E-state index contributed by atoms with van der Waals surface area (Å²) in [5, 5.41) is 16.8. The van der Waals surface area contributed by atoms with Crippen molar-refractivity contribution in [2.24, 2.45) is 5.41 Å². The van der Waals surface area contributed by atoms with E-state index in [1.165, 1.54) is 6.07 Å². The van der Waals surface area contributed by atoms with E-state index in [0.717, 1.165) is 25.9 Å². The smallest absolute Gasteiger partial charge is 0.283 e. The highest BCUT2D eigenvalue weighted by Gasteiger charge is 2.34. The molecule has 1 aromatic carbocycles. The molecule has 1 amide bonds. The van der Waals surface area contributed by atoms with Crippen LogP contribution in [0.3, 0.4) is 0 Å². The summed E-state index contributed by atoms with van der Waals surface area (Å²) in [6.45, 7) is 3.60. The first-order valence-electron chi connectivity index (χ1n) is 6.38. The van der Waals surface area contributed by atoms with Gasteiger partial charge in [0.05, 0.1) is 9.40 Å². The highest BCUT2D eigenvalue weighted by Crippen LogP contribution is 2.31. The maximum Gasteiger partial charge on any atom is 0.283 e. The highest BCUT2D eigenvalue weighted by atomic mass is 79.9. The molecule has 7 heteroatoms. The summed E-state index contributed by atoms with van der Waals surface area (Å²) in [4.78, 5) is 22.6. The number of nitro benzene ring substituents is 1. The Morgan fingerprint density at radius 1 is 1.45 bits per heavy atom. The molecule has 6 nitrogen and oxygen atoms in total. The number of rotatable bonds is 3. The van der Waals surface area contributed by atoms with Gasteiger partial charge in [-0.15, -0.1) is 0 Å². The molecule has 0 aliphatic carbocycles. The topological polar surface area (TPSA) is 84.3 Å². The normalized spacial score (nSPS) is 17.5.